The van der Waals surface area contributed by atoms with E-state index >= 15 is 0 Å². The minimum atomic E-state index is -0.0994. The summed E-state index contributed by atoms with van der Waals surface area (Å²) in [5.41, 5.74) is 1.02. The monoisotopic (exact) mass is 227 g/mol. The van der Waals surface area contributed by atoms with Crippen molar-refractivity contribution in [3.8, 4) is 0 Å². The van der Waals surface area contributed by atoms with Crippen LogP contribution in [0.25, 0.3) is 0 Å². The van der Waals surface area contributed by atoms with Gasteiger partial charge in [0.25, 0.3) is 0 Å². The van der Waals surface area contributed by atoms with E-state index in [1.165, 1.54) is 0 Å². The van der Waals surface area contributed by atoms with Crippen LogP contribution in [-0.2, 0) is 6.54 Å². The molecule has 1 aromatic rings. The Hall–Kier alpha value is -0.540. The van der Waals surface area contributed by atoms with E-state index in [0.717, 1.165) is 35.7 Å². The second-order valence-corrected chi connectivity index (χ2v) is 4.68. The molecule has 0 aliphatic heterocycles. The van der Waals surface area contributed by atoms with Crippen molar-refractivity contribution in [3.63, 3.8) is 0 Å². The molecule has 0 aromatic heterocycles. The second kappa shape index (κ2) is 6.85. The van der Waals surface area contributed by atoms with Gasteiger partial charge in [0, 0.05) is 11.4 Å². The van der Waals surface area contributed by atoms with E-state index in [2.05, 4.69) is 12.2 Å². The second-order valence-electron chi connectivity index (χ2n) is 3.37. The highest BCUT2D eigenvalue weighted by Crippen LogP contribution is 2.22. The first-order valence-corrected chi connectivity index (χ1v) is 6.38. The molecule has 0 fully saturated rings. The van der Waals surface area contributed by atoms with E-state index in [9.17, 15) is 4.39 Å². The van der Waals surface area contributed by atoms with Gasteiger partial charge in [-0.3, -0.25) is 0 Å². The van der Waals surface area contributed by atoms with Crippen molar-refractivity contribution in [2.45, 2.75) is 31.7 Å². The van der Waals surface area contributed by atoms with Crippen molar-refractivity contribution < 1.29 is 4.39 Å². The van der Waals surface area contributed by atoms with Crippen molar-refractivity contribution in [2.24, 2.45) is 0 Å². The van der Waals surface area contributed by atoms with Crippen molar-refractivity contribution in [2.75, 3.05) is 12.3 Å². The predicted molar refractivity (Wildman–Crippen MR) is 64.8 cm³/mol. The summed E-state index contributed by atoms with van der Waals surface area (Å²) in [5.74, 6) is 0.808. The lowest BCUT2D eigenvalue weighted by atomic mass is 10.2. The number of benzene rings is 1. The van der Waals surface area contributed by atoms with Crippen LogP contribution in [-0.4, -0.2) is 12.3 Å². The maximum absolute atomic E-state index is 13.5. The summed E-state index contributed by atoms with van der Waals surface area (Å²) in [6, 6.07) is 5.48. The van der Waals surface area contributed by atoms with Crippen LogP contribution in [0.3, 0.4) is 0 Å². The van der Waals surface area contributed by atoms with Crippen LogP contribution in [0.15, 0.2) is 23.1 Å². The Morgan fingerprint density at radius 1 is 1.33 bits per heavy atom. The quantitative estimate of drug-likeness (QED) is 0.590. The van der Waals surface area contributed by atoms with E-state index in [4.69, 9.17) is 0 Å². The Kier molecular flexibility index (Phi) is 5.73. The van der Waals surface area contributed by atoms with Gasteiger partial charge in [-0.15, -0.1) is 11.8 Å². The first-order valence-electron chi connectivity index (χ1n) is 5.39. The van der Waals surface area contributed by atoms with Crippen LogP contribution in [0.4, 0.5) is 4.39 Å². The Morgan fingerprint density at radius 3 is 2.73 bits per heavy atom. The average molecular weight is 227 g/mol. The molecule has 3 heteroatoms. The van der Waals surface area contributed by atoms with Gasteiger partial charge in [-0.2, -0.15) is 0 Å². The molecule has 0 saturated carbocycles. The zero-order valence-electron chi connectivity index (χ0n) is 9.35. The predicted octanol–water partition coefficient (Wildman–Crippen LogP) is 3.44. The SMILES string of the molecule is CCCNCc1ccc(SCC)c(F)c1. The number of halogens is 1. The van der Waals surface area contributed by atoms with Gasteiger partial charge in [-0.05, 0) is 36.4 Å². The van der Waals surface area contributed by atoms with Crippen LogP contribution < -0.4 is 5.32 Å². The average Bonchev–Trinajstić information content (AvgIpc) is 2.23. The van der Waals surface area contributed by atoms with Crippen LogP contribution in [0.5, 0.6) is 0 Å². The molecule has 0 aliphatic rings. The van der Waals surface area contributed by atoms with Crippen molar-refractivity contribution >= 4 is 11.8 Å². The first kappa shape index (κ1) is 12.5. The van der Waals surface area contributed by atoms with Crippen LogP contribution in [0.1, 0.15) is 25.8 Å². The van der Waals surface area contributed by atoms with Gasteiger partial charge in [-0.1, -0.05) is 19.9 Å². The van der Waals surface area contributed by atoms with Gasteiger partial charge in [0.2, 0.25) is 0 Å². The van der Waals surface area contributed by atoms with Gasteiger partial charge in [-0.25, -0.2) is 4.39 Å². The molecule has 0 heterocycles. The highest BCUT2D eigenvalue weighted by atomic mass is 32.2. The van der Waals surface area contributed by atoms with Gasteiger partial charge in [0.15, 0.2) is 0 Å². The highest BCUT2D eigenvalue weighted by Gasteiger charge is 2.02. The molecule has 15 heavy (non-hydrogen) atoms. The lowest BCUT2D eigenvalue weighted by Gasteiger charge is -2.06. The van der Waals surface area contributed by atoms with Gasteiger partial charge in [0.1, 0.15) is 5.82 Å². The van der Waals surface area contributed by atoms with E-state index in [-0.39, 0.29) is 5.82 Å². The third-order valence-corrected chi connectivity index (χ3v) is 2.98. The minimum Gasteiger partial charge on any atom is -0.313 e. The first-order chi connectivity index (χ1) is 7.27. The molecule has 0 spiro atoms. The Balaban J connectivity index is 2.56. The van der Waals surface area contributed by atoms with Crippen molar-refractivity contribution in [1.29, 1.82) is 0 Å². The third-order valence-electron chi connectivity index (χ3n) is 2.05. The fraction of sp³-hybridized carbons (Fsp3) is 0.500. The van der Waals surface area contributed by atoms with Gasteiger partial charge >= 0.3 is 0 Å². The minimum absolute atomic E-state index is 0.0994. The van der Waals surface area contributed by atoms with E-state index < -0.39 is 0 Å². The summed E-state index contributed by atoms with van der Waals surface area (Å²) in [6.45, 7) is 5.88. The number of hydrogen-bond acceptors (Lipinski definition) is 2. The molecule has 84 valence electrons. The lowest BCUT2D eigenvalue weighted by Crippen LogP contribution is -2.13. The molecular weight excluding hydrogens is 209 g/mol. The molecule has 0 atom stereocenters. The molecule has 0 aliphatic carbocycles. The van der Waals surface area contributed by atoms with Crippen molar-refractivity contribution in [1.82, 2.24) is 5.32 Å². The van der Waals surface area contributed by atoms with Gasteiger partial charge in [0.05, 0.1) is 0 Å². The van der Waals surface area contributed by atoms with E-state index in [0.29, 0.717) is 0 Å². The summed E-state index contributed by atoms with van der Waals surface area (Å²) in [7, 11) is 0. The largest absolute Gasteiger partial charge is 0.313 e. The molecular formula is C12H18FNS. The fourth-order valence-corrected chi connectivity index (χ4v) is 2.01. The Labute approximate surface area is 95.5 Å². The molecule has 0 bridgehead atoms. The molecule has 0 radical (unpaired) electrons. The number of nitrogens with one attached hydrogen (secondary N) is 1. The summed E-state index contributed by atoms with van der Waals surface area (Å²) in [4.78, 5) is 0.747. The Bertz CT molecular complexity index is 302. The lowest BCUT2D eigenvalue weighted by molar-refractivity contribution is 0.595. The summed E-state index contributed by atoms with van der Waals surface area (Å²) in [5, 5.41) is 3.26. The number of hydrogen-bond donors (Lipinski definition) is 1. The summed E-state index contributed by atoms with van der Waals surface area (Å²) >= 11 is 1.54. The highest BCUT2D eigenvalue weighted by molar-refractivity contribution is 7.99. The van der Waals surface area contributed by atoms with E-state index in [1.54, 1.807) is 17.8 Å². The summed E-state index contributed by atoms with van der Waals surface area (Å²) in [6.07, 6.45) is 1.10. The maximum atomic E-state index is 13.5. The smallest absolute Gasteiger partial charge is 0.137 e. The summed E-state index contributed by atoms with van der Waals surface area (Å²) < 4.78 is 13.5. The molecule has 1 nitrogen and oxygen atoms in total. The molecule has 1 aromatic carbocycles. The topological polar surface area (TPSA) is 12.0 Å². The number of thioether (sulfide) groups is 1. The third kappa shape index (κ3) is 4.22. The zero-order chi connectivity index (χ0) is 11.1. The van der Waals surface area contributed by atoms with Crippen LogP contribution in [0.2, 0.25) is 0 Å². The standard InChI is InChI=1S/C12H18FNS/c1-3-7-14-9-10-5-6-12(15-4-2)11(13)8-10/h5-6,8,14H,3-4,7,9H2,1-2H3. The normalized spacial score (nSPS) is 10.6. The molecule has 1 N–H and O–H groups in total. The zero-order valence-corrected chi connectivity index (χ0v) is 10.2. The van der Waals surface area contributed by atoms with Crippen LogP contribution in [0, 0.1) is 5.82 Å². The molecule has 0 saturated heterocycles. The molecule has 0 unspecified atom stereocenters. The van der Waals surface area contributed by atoms with Crippen LogP contribution >= 0.6 is 11.8 Å². The maximum Gasteiger partial charge on any atom is 0.137 e. The van der Waals surface area contributed by atoms with Gasteiger partial charge < -0.3 is 5.32 Å². The van der Waals surface area contributed by atoms with E-state index in [1.807, 2.05) is 19.1 Å². The van der Waals surface area contributed by atoms with Crippen molar-refractivity contribution in [3.05, 3.63) is 29.6 Å². The Morgan fingerprint density at radius 2 is 2.13 bits per heavy atom. The number of rotatable bonds is 6. The molecule has 0 amide bonds. The molecule has 1 rings (SSSR count). The fourth-order valence-electron chi connectivity index (χ4n) is 1.34.